The summed E-state index contributed by atoms with van der Waals surface area (Å²) in [5.41, 5.74) is 1.93. The van der Waals surface area contributed by atoms with Crippen LogP contribution in [-0.2, 0) is 6.54 Å². The van der Waals surface area contributed by atoms with Crippen LogP contribution in [-0.4, -0.2) is 40.6 Å². The van der Waals surface area contributed by atoms with Crippen LogP contribution >= 0.6 is 0 Å². The molecule has 1 fully saturated rings. The zero-order chi connectivity index (χ0) is 17.9. The zero-order valence-corrected chi connectivity index (χ0v) is 15.1. The molecule has 1 N–H and O–H groups in total. The fraction of sp³-hybridized carbons (Fsp3) is 0.333. The van der Waals surface area contributed by atoms with E-state index in [2.05, 4.69) is 29.3 Å². The molecule has 4 rings (SSSR count). The maximum Gasteiger partial charge on any atom is 0.261 e. The number of benzene rings is 2. The molecular weight excluding hydrogens is 324 g/mol. The Hall–Kier alpha value is -2.50. The van der Waals surface area contributed by atoms with E-state index >= 15 is 0 Å². The minimum absolute atomic E-state index is 0.0384. The molecule has 134 valence electrons. The Morgan fingerprint density at radius 1 is 1.04 bits per heavy atom. The van der Waals surface area contributed by atoms with Crippen LogP contribution in [0.3, 0.4) is 0 Å². The molecule has 0 bridgehead atoms. The van der Waals surface area contributed by atoms with Crippen molar-refractivity contribution < 1.29 is 0 Å². The van der Waals surface area contributed by atoms with Gasteiger partial charge < -0.3 is 5.32 Å². The predicted octanol–water partition coefficient (Wildman–Crippen LogP) is 2.41. The van der Waals surface area contributed by atoms with Gasteiger partial charge in [0, 0.05) is 26.2 Å². The monoisotopic (exact) mass is 348 g/mol. The van der Waals surface area contributed by atoms with Crippen molar-refractivity contribution in [3.05, 3.63) is 76.3 Å². The molecular formula is C21H24N4O. The second-order valence-electron chi connectivity index (χ2n) is 6.83. The fourth-order valence-corrected chi connectivity index (χ4v) is 3.66. The lowest BCUT2D eigenvalue weighted by Crippen LogP contribution is -2.45. The molecule has 2 heterocycles. The summed E-state index contributed by atoms with van der Waals surface area (Å²) < 4.78 is 1.85. The Morgan fingerprint density at radius 2 is 1.73 bits per heavy atom. The fourth-order valence-electron chi connectivity index (χ4n) is 3.66. The van der Waals surface area contributed by atoms with Crippen molar-refractivity contribution in [2.24, 2.45) is 0 Å². The highest BCUT2D eigenvalue weighted by atomic mass is 16.1. The molecule has 0 aliphatic carbocycles. The van der Waals surface area contributed by atoms with Crippen molar-refractivity contribution in [3.8, 4) is 0 Å². The number of para-hydroxylation sites is 1. The number of hydrogen-bond acceptors (Lipinski definition) is 4. The quantitative estimate of drug-likeness (QED) is 0.787. The van der Waals surface area contributed by atoms with Crippen LogP contribution < -0.4 is 10.9 Å². The van der Waals surface area contributed by atoms with Gasteiger partial charge in [-0.1, -0.05) is 42.5 Å². The van der Waals surface area contributed by atoms with Gasteiger partial charge in [0.1, 0.15) is 5.82 Å². The van der Waals surface area contributed by atoms with Crippen molar-refractivity contribution in [1.82, 2.24) is 19.8 Å². The van der Waals surface area contributed by atoms with E-state index in [1.165, 1.54) is 0 Å². The zero-order valence-electron chi connectivity index (χ0n) is 15.1. The number of piperazine rings is 1. The second kappa shape index (κ2) is 7.40. The smallest absolute Gasteiger partial charge is 0.261 e. The van der Waals surface area contributed by atoms with Crippen LogP contribution in [0.25, 0.3) is 10.9 Å². The summed E-state index contributed by atoms with van der Waals surface area (Å²) in [6.07, 6.45) is 0. The van der Waals surface area contributed by atoms with Gasteiger partial charge in [-0.2, -0.15) is 0 Å². The van der Waals surface area contributed by atoms with Gasteiger partial charge in [0.2, 0.25) is 0 Å². The molecule has 0 saturated carbocycles. The van der Waals surface area contributed by atoms with Gasteiger partial charge in [0.15, 0.2) is 0 Å². The van der Waals surface area contributed by atoms with Crippen LogP contribution in [0.15, 0.2) is 59.4 Å². The summed E-state index contributed by atoms with van der Waals surface area (Å²) in [5, 5.41) is 4.07. The molecule has 5 heteroatoms. The van der Waals surface area contributed by atoms with Crippen LogP contribution in [0.5, 0.6) is 0 Å². The third-order valence-corrected chi connectivity index (χ3v) is 5.15. The largest absolute Gasteiger partial charge is 0.314 e. The number of nitrogens with zero attached hydrogens (tertiary/aromatic N) is 3. The highest BCUT2D eigenvalue weighted by molar-refractivity contribution is 5.77. The molecule has 1 aliphatic rings. The highest BCUT2D eigenvalue weighted by Crippen LogP contribution is 2.21. The lowest BCUT2D eigenvalue weighted by Gasteiger charge is -2.33. The predicted molar refractivity (Wildman–Crippen MR) is 104 cm³/mol. The first-order chi connectivity index (χ1) is 12.7. The van der Waals surface area contributed by atoms with E-state index in [0.717, 1.165) is 43.1 Å². The van der Waals surface area contributed by atoms with Crippen molar-refractivity contribution in [3.63, 3.8) is 0 Å². The summed E-state index contributed by atoms with van der Waals surface area (Å²) in [6, 6.07) is 17.9. The van der Waals surface area contributed by atoms with Crippen molar-refractivity contribution in [2.45, 2.75) is 19.5 Å². The molecule has 1 atom stereocenters. The Kier molecular flexibility index (Phi) is 4.82. The SMILES string of the molecule is C[C@@H](c1nc2ccccc2c(=O)n1Cc1ccccc1)N1CCNCC1. The summed E-state index contributed by atoms with van der Waals surface area (Å²) in [6.45, 7) is 6.58. The van der Waals surface area contributed by atoms with E-state index in [4.69, 9.17) is 4.98 Å². The molecule has 2 aromatic carbocycles. The Balaban J connectivity index is 1.83. The Bertz CT molecular complexity index is 945. The average Bonchev–Trinajstić information content (AvgIpc) is 2.71. The van der Waals surface area contributed by atoms with Crippen LogP contribution in [0.2, 0.25) is 0 Å². The molecule has 0 spiro atoms. The minimum Gasteiger partial charge on any atom is -0.314 e. The molecule has 1 aliphatic heterocycles. The van der Waals surface area contributed by atoms with Gasteiger partial charge in [0.05, 0.1) is 23.5 Å². The number of fused-ring (bicyclic) bond motifs is 1. The summed E-state index contributed by atoms with van der Waals surface area (Å²) in [4.78, 5) is 20.5. The first-order valence-corrected chi connectivity index (χ1v) is 9.22. The molecule has 0 amide bonds. The lowest BCUT2D eigenvalue weighted by atomic mass is 10.1. The summed E-state index contributed by atoms with van der Waals surface area (Å²) in [7, 11) is 0. The van der Waals surface area contributed by atoms with E-state index in [1.807, 2.05) is 47.0 Å². The standard InChI is InChI=1S/C21H24N4O/c1-16(24-13-11-22-12-14-24)20-23-19-10-6-5-9-18(19)21(26)25(20)15-17-7-3-2-4-8-17/h2-10,16,22H,11-15H2,1H3/t16-/m0/s1. The average molecular weight is 348 g/mol. The molecule has 0 radical (unpaired) electrons. The van der Waals surface area contributed by atoms with E-state index in [-0.39, 0.29) is 11.6 Å². The second-order valence-corrected chi connectivity index (χ2v) is 6.83. The summed E-state index contributed by atoms with van der Waals surface area (Å²) in [5.74, 6) is 0.847. The normalized spacial score (nSPS) is 16.7. The van der Waals surface area contributed by atoms with Crippen LogP contribution in [0.1, 0.15) is 24.4 Å². The van der Waals surface area contributed by atoms with Gasteiger partial charge in [-0.15, -0.1) is 0 Å². The third-order valence-electron chi connectivity index (χ3n) is 5.15. The molecule has 26 heavy (non-hydrogen) atoms. The van der Waals surface area contributed by atoms with Gasteiger partial charge in [-0.3, -0.25) is 14.3 Å². The van der Waals surface area contributed by atoms with Crippen molar-refractivity contribution in [2.75, 3.05) is 26.2 Å². The van der Waals surface area contributed by atoms with Crippen LogP contribution in [0.4, 0.5) is 0 Å². The van der Waals surface area contributed by atoms with Gasteiger partial charge in [-0.25, -0.2) is 4.98 Å². The molecule has 0 unspecified atom stereocenters. The van der Waals surface area contributed by atoms with E-state index in [0.29, 0.717) is 11.9 Å². The van der Waals surface area contributed by atoms with E-state index in [1.54, 1.807) is 0 Å². The Morgan fingerprint density at radius 3 is 2.50 bits per heavy atom. The highest BCUT2D eigenvalue weighted by Gasteiger charge is 2.23. The van der Waals surface area contributed by atoms with Crippen molar-refractivity contribution >= 4 is 10.9 Å². The number of aromatic nitrogens is 2. The topological polar surface area (TPSA) is 50.2 Å². The van der Waals surface area contributed by atoms with Crippen molar-refractivity contribution in [1.29, 1.82) is 0 Å². The first-order valence-electron chi connectivity index (χ1n) is 9.22. The van der Waals surface area contributed by atoms with Gasteiger partial charge in [0.25, 0.3) is 5.56 Å². The molecule has 1 saturated heterocycles. The molecule has 3 aromatic rings. The number of rotatable bonds is 4. The third kappa shape index (κ3) is 3.28. The minimum atomic E-state index is 0.0384. The van der Waals surface area contributed by atoms with E-state index in [9.17, 15) is 4.79 Å². The number of hydrogen-bond donors (Lipinski definition) is 1. The lowest BCUT2D eigenvalue weighted by molar-refractivity contribution is 0.175. The Labute approximate surface area is 153 Å². The van der Waals surface area contributed by atoms with Gasteiger partial charge in [-0.05, 0) is 24.6 Å². The first kappa shape index (κ1) is 16.9. The maximum atomic E-state index is 13.2. The summed E-state index contributed by atoms with van der Waals surface area (Å²) >= 11 is 0. The molecule has 5 nitrogen and oxygen atoms in total. The molecule has 1 aromatic heterocycles. The number of nitrogens with one attached hydrogen (secondary N) is 1. The van der Waals surface area contributed by atoms with Gasteiger partial charge >= 0.3 is 0 Å². The maximum absolute atomic E-state index is 13.2. The van der Waals surface area contributed by atoms with E-state index < -0.39 is 0 Å². The van der Waals surface area contributed by atoms with Crippen LogP contribution in [0, 0.1) is 0 Å².